The van der Waals surface area contributed by atoms with Gasteiger partial charge in [-0.05, 0) is 25.0 Å². The minimum Gasteiger partial charge on any atom is -0.366 e. The van der Waals surface area contributed by atoms with Gasteiger partial charge < -0.3 is 4.90 Å². The van der Waals surface area contributed by atoms with E-state index in [1.165, 1.54) is 0 Å². The minimum atomic E-state index is 0.275. The van der Waals surface area contributed by atoms with Gasteiger partial charge in [-0.1, -0.05) is 12.1 Å². The molecule has 0 atom stereocenters. The van der Waals surface area contributed by atoms with Gasteiger partial charge in [-0.2, -0.15) is 5.26 Å². The zero-order chi connectivity index (χ0) is 11.5. The highest BCUT2D eigenvalue weighted by molar-refractivity contribution is 5.87. The molecule has 0 N–H and O–H groups in total. The first-order valence-corrected chi connectivity index (χ1v) is 5.45. The van der Waals surface area contributed by atoms with E-state index in [0.29, 0.717) is 12.1 Å². The molecule has 2 rings (SSSR count). The summed E-state index contributed by atoms with van der Waals surface area (Å²) in [7, 11) is 1.86. The lowest BCUT2D eigenvalue weighted by Gasteiger charge is -2.19. The Balaban J connectivity index is 2.10. The summed E-state index contributed by atoms with van der Waals surface area (Å²) in [5, 5.41) is 8.96. The molecule has 0 spiro atoms. The van der Waals surface area contributed by atoms with E-state index < -0.39 is 0 Å². The second-order valence-corrected chi connectivity index (χ2v) is 4.23. The molecule has 0 aliphatic heterocycles. The Bertz CT molecular complexity index is 443. The van der Waals surface area contributed by atoms with Crippen molar-refractivity contribution in [1.82, 2.24) is 0 Å². The number of nitrogens with zero attached hydrogens (tertiary/aromatic N) is 2. The topological polar surface area (TPSA) is 44.1 Å². The molecule has 0 aromatic heterocycles. The largest absolute Gasteiger partial charge is 0.366 e. The molecule has 1 saturated carbocycles. The lowest BCUT2D eigenvalue weighted by atomic mass is 10.1. The number of Topliss-reactive ketones (excluding diaryl/α,β-unsaturated/α-hetero) is 1. The molecule has 3 heteroatoms. The van der Waals surface area contributed by atoms with Gasteiger partial charge in [0.25, 0.3) is 0 Å². The summed E-state index contributed by atoms with van der Waals surface area (Å²) < 4.78 is 0. The fourth-order valence-corrected chi connectivity index (χ4v) is 1.75. The number of para-hydroxylation sites is 1. The Hall–Kier alpha value is -1.82. The first kappa shape index (κ1) is 10.7. The number of anilines is 1. The third-order valence-corrected chi connectivity index (χ3v) is 2.86. The molecule has 0 amide bonds. The van der Waals surface area contributed by atoms with Gasteiger partial charge in [0.05, 0.1) is 17.8 Å². The van der Waals surface area contributed by atoms with Crippen LogP contribution in [0.4, 0.5) is 5.69 Å². The van der Waals surface area contributed by atoms with Crippen LogP contribution in [-0.4, -0.2) is 19.4 Å². The Morgan fingerprint density at radius 3 is 2.81 bits per heavy atom. The van der Waals surface area contributed by atoms with Crippen LogP contribution in [-0.2, 0) is 4.79 Å². The van der Waals surface area contributed by atoms with Gasteiger partial charge in [0, 0.05) is 13.0 Å². The van der Waals surface area contributed by atoms with Crippen LogP contribution in [0.1, 0.15) is 18.4 Å². The number of carbonyl (C=O) groups is 1. The van der Waals surface area contributed by atoms with E-state index in [4.69, 9.17) is 5.26 Å². The molecule has 0 saturated heterocycles. The molecule has 16 heavy (non-hydrogen) atoms. The molecule has 0 radical (unpaired) electrons. The maximum Gasteiger partial charge on any atom is 0.155 e. The van der Waals surface area contributed by atoms with Crippen LogP contribution in [0.15, 0.2) is 24.3 Å². The average Bonchev–Trinajstić information content (AvgIpc) is 3.12. The van der Waals surface area contributed by atoms with E-state index in [9.17, 15) is 4.79 Å². The van der Waals surface area contributed by atoms with E-state index in [-0.39, 0.29) is 11.7 Å². The normalized spacial score (nSPS) is 14.2. The molecule has 1 fully saturated rings. The minimum absolute atomic E-state index is 0.275. The van der Waals surface area contributed by atoms with E-state index in [2.05, 4.69) is 6.07 Å². The van der Waals surface area contributed by atoms with Crippen LogP contribution in [0.5, 0.6) is 0 Å². The number of carbonyl (C=O) groups excluding carboxylic acids is 1. The first-order chi connectivity index (χ1) is 7.72. The van der Waals surface area contributed by atoms with Gasteiger partial charge in [0.2, 0.25) is 0 Å². The van der Waals surface area contributed by atoms with Crippen LogP contribution in [0, 0.1) is 17.2 Å². The summed E-state index contributed by atoms with van der Waals surface area (Å²) in [5.41, 5.74) is 1.45. The number of likely N-dealkylation sites (N-methyl/N-ethyl adjacent to an activating group) is 1. The van der Waals surface area contributed by atoms with Crippen molar-refractivity contribution in [1.29, 1.82) is 5.26 Å². The molecular weight excluding hydrogens is 200 g/mol. The van der Waals surface area contributed by atoms with E-state index in [1.807, 2.05) is 30.1 Å². The second-order valence-electron chi connectivity index (χ2n) is 4.23. The van der Waals surface area contributed by atoms with Crippen molar-refractivity contribution in [2.75, 3.05) is 18.5 Å². The molecule has 1 aliphatic carbocycles. The Morgan fingerprint density at radius 1 is 1.50 bits per heavy atom. The van der Waals surface area contributed by atoms with Crippen molar-refractivity contribution in [3.8, 4) is 6.07 Å². The summed E-state index contributed by atoms with van der Waals surface area (Å²) in [5.74, 6) is 0.562. The predicted molar refractivity (Wildman–Crippen MR) is 62.2 cm³/mol. The van der Waals surface area contributed by atoms with Gasteiger partial charge >= 0.3 is 0 Å². The van der Waals surface area contributed by atoms with Crippen LogP contribution < -0.4 is 4.90 Å². The van der Waals surface area contributed by atoms with Crippen LogP contribution in [0.3, 0.4) is 0 Å². The van der Waals surface area contributed by atoms with Gasteiger partial charge in [-0.15, -0.1) is 0 Å². The highest BCUT2D eigenvalue weighted by Gasteiger charge is 2.30. The molecule has 0 unspecified atom stereocenters. The summed E-state index contributed by atoms with van der Waals surface area (Å²) >= 11 is 0. The SMILES string of the molecule is CN(CC(=O)C1CC1)c1ccccc1C#N. The number of ketones is 1. The molecule has 82 valence electrons. The molecule has 0 bridgehead atoms. The number of hydrogen-bond acceptors (Lipinski definition) is 3. The van der Waals surface area contributed by atoms with E-state index in [1.54, 1.807) is 6.07 Å². The smallest absolute Gasteiger partial charge is 0.155 e. The number of benzene rings is 1. The second kappa shape index (κ2) is 4.36. The molecule has 3 nitrogen and oxygen atoms in total. The zero-order valence-electron chi connectivity index (χ0n) is 9.31. The first-order valence-electron chi connectivity index (χ1n) is 5.45. The van der Waals surface area contributed by atoms with Crippen molar-refractivity contribution in [2.45, 2.75) is 12.8 Å². The highest BCUT2D eigenvalue weighted by atomic mass is 16.1. The van der Waals surface area contributed by atoms with Gasteiger partial charge in [0.1, 0.15) is 6.07 Å². The van der Waals surface area contributed by atoms with Crippen LogP contribution >= 0.6 is 0 Å². The molecule has 1 aliphatic rings. The standard InChI is InChI=1S/C13H14N2O/c1-15(9-13(16)10-6-7-10)12-5-3-2-4-11(12)8-14/h2-5,10H,6-7,9H2,1H3. The lowest BCUT2D eigenvalue weighted by Crippen LogP contribution is -2.27. The monoisotopic (exact) mass is 214 g/mol. The third kappa shape index (κ3) is 2.22. The summed E-state index contributed by atoms with van der Waals surface area (Å²) in [6.07, 6.45) is 2.07. The van der Waals surface area contributed by atoms with E-state index >= 15 is 0 Å². The molecule has 1 aromatic rings. The highest BCUT2D eigenvalue weighted by Crippen LogP contribution is 2.30. The number of hydrogen-bond donors (Lipinski definition) is 0. The lowest BCUT2D eigenvalue weighted by molar-refractivity contribution is -0.118. The quantitative estimate of drug-likeness (QED) is 0.769. The van der Waals surface area contributed by atoms with Gasteiger partial charge in [-0.3, -0.25) is 4.79 Å². The number of rotatable bonds is 4. The fraction of sp³-hybridized carbons (Fsp3) is 0.385. The summed E-state index contributed by atoms with van der Waals surface area (Å²) in [4.78, 5) is 13.5. The Labute approximate surface area is 95.3 Å². The summed E-state index contributed by atoms with van der Waals surface area (Å²) in [6, 6.07) is 9.50. The predicted octanol–water partition coefficient (Wildman–Crippen LogP) is 1.97. The van der Waals surface area contributed by atoms with Crippen LogP contribution in [0.25, 0.3) is 0 Å². The van der Waals surface area contributed by atoms with Crippen molar-refractivity contribution >= 4 is 11.5 Å². The van der Waals surface area contributed by atoms with Crippen molar-refractivity contribution < 1.29 is 4.79 Å². The molecular formula is C13H14N2O. The molecule has 0 heterocycles. The fourth-order valence-electron chi connectivity index (χ4n) is 1.75. The Kier molecular flexibility index (Phi) is 2.91. The van der Waals surface area contributed by atoms with Gasteiger partial charge in [0.15, 0.2) is 5.78 Å². The van der Waals surface area contributed by atoms with Crippen LogP contribution in [0.2, 0.25) is 0 Å². The zero-order valence-corrected chi connectivity index (χ0v) is 9.31. The Morgan fingerprint density at radius 2 is 2.19 bits per heavy atom. The van der Waals surface area contributed by atoms with Crippen molar-refractivity contribution in [2.24, 2.45) is 5.92 Å². The third-order valence-electron chi connectivity index (χ3n) is 2.86. The van der Waals surface area contributed by atoms with Crippen molar-refractivity contribution in [3.05, 3.63) is 29.8 Å². The summed E-state index contributed by atoms with van der Waals surface area (Å²) in [6.45, 7) is 0.406. The molecule has 1 aromatic carbocycles. The van der Waals surface area contributed by atoms with Crippen molar-refractivity contribution in [3.63, 3.8) is 0 Å². The number of nitriles is 1. The van der Waals surface area contributed by atoms with E-state index in [0.717, 1.165) is 18.5 Å². The average molecular weight is 214 g/mol. The maximum absolute atomic E-state index is 11.7. The van der Waals surface area contributed by atoms with Gasteiger partial charge in [-0.25, -0.2) is 0 Å². The maximum atomic E-state index is 11.7.